The quantitative estimate of drug-likeness (QED) is 0.819. The van der Waals surface area contributed by atoms with Crippen LogP contribution in [0, 0.1) is 11.6 Å². The molecule has 2 rings (SSSR count). The molecule has 0 saturated carbocycles. The van der Waals surface area contributed by atoms with E-state index in [1.807, 2.05) is 17.2 Å². The van der Waals surface area contributed by atoms with Crippen LogP contribution in [0.15, 0.2) is 47.4 Å². The van der Waals surface area contributed by atoms with E-state index in [1.54, 1.807) is 24.3 Å². The first-order chi connectivity index (χ1) is 10.8. The van der Waals surface area contributed by atoms with Crippen LogP contribution in [-0.4, -0.2) is 14.3 Å². The molecule has 8 heteroatoms. The second-order valence-electron chi connectivity index (χ2n) is 4.69. The van der Waals surface area contributed by atoms with Crippen molar-refractivity contribution in [2.24, 2.45) is 0 Å². The number of hydrogen-bond acceptors (Lipinski definition) is 3. The van der Waals surface area contributed by atoms with Gasteiger partial charge in [0.1, 0.15) is 0 Å². The minimum Gasteiger partial charge on any atom is -0.273 e. The van der Waals surface area contributed by atoms with Gasteiger partial charge in [-0.15, -0.1) is 4.83 Å². The number of hydrogen-bond donors (Lipinski definition) is 2. The summed E-state index contributed by atoms with van der Waals surface area (Å²) in [6.45, 7) is 1.96. The summed E-state index contributed by atoms with van der Waals surface area (Å²) in [6.07, 6.45) is 0.810. The highest BCUT2D eigenvalue weighted by molar-refractivity contribution is 7.89. The van der Waals surface area contributed by atoms with E-state index in [2.05, 4.69) is 0 Å². The molecule has 0 heterocycles. The van der Waals surface area contributed by atoms with Gasteiger partial charge in [0.05, 0.1) is 4.90 Å². The van der Waals surface area contributed by atoms with Crippen molar-refractivity contribution in [3.05, 3.63) is 65.2 Å². The van der Waals surface area contributed by atoms with Crippen LogP contribution in [0.25, 0.3) is 0 Å². The number of sulfonamides is 1. The van der Waals surface area contributed by atoms with Crippen LogP contribution in [0.5, 0.6) is 0 Å². The van der Waals surface area contributed by atoms with Crippen molar-refractivity contribution in [2.75, 3.05) is 0 Å². The van der Waals surface area contributed by atoms with Gasteiger partial charge in [-0.2, -0.15) is 0 Å². The second-order valence-corrected chi connectivity index (χ2v) is 6.37. The lowest BCUT2D eigenvalue weighted by atomic mass is 10.1. The Morgan fingerprint density at radius 3 is 2.26 bits per heavy atom. The van der Waals surface area contributed by atoms with Crippen LogP contribution in [0.3, 0.4) is 0 Å². The van der Waals surface area contributed by atoms with E-state index >= 15 is 0 Å². The molecule has 0 radical (unpaired) electrons. The SMILES string of the molecule is CCc1ccc(C(=O)NNS(=O)(=O)c2ccc(F)c(F)c2)cc1. The Kier molecular flexibility index (Phi) is 5.07. The monoisotopic (exact) mass is 340 g/mol. The summed E-state index contributed by atoms with van der Waals surface area (Å²) in [5.41, 5.74) is 3.31. The lowest BCUT2D eigenvalue weighted by Gasteiger charge is -2.09. The molecule has 0 bridgehead atoms. The number of amides is 1. The molecular formula is C15H14F2N2O3S. The maximum absolute atomic E-state index is 13.1. The van der Waals surface area contributed by atoms with Crippen molar-refractivity contribution in [1.82, 2.24) is 10.3 Å². The molecule has 0 aromatic heterocycles. The number of benzene rings is 2. The average molecular weight is 340 g/mol. The van der Waals surface area contributed by atoms with Crippen molar-refractivity contribution in [3.63, 3.8) is 0 Å². The Labute approximate surface area is 132 Å². The normalized spacial score (nSPS) is 11.3. The summed E-state index contributed by atoms with van der Waals surface area (Å²) >= 11 is 0. The molecule has 0 aliphatic heterocycles. The standard InChI is InChI=1S/C15H14F2N2O3S/c1-2-10-3-5-11(6-4-10)15(20)18-19-23(21,22)12-7-8-13(16)14(17)9-12/h3-9,19H,2H2,1H3,(H,18,20). The molecule has 2 N–H and O–H groups in total. The average Bonchev–Trinajstić information content (AvgIpc) is 2.55. The van der Waals surface area contributed by atoms with Crippen molar-refractivity contribution < 1.29 is 22.0 Å². The van der Waals surface area contributed by atoms with Gasteiger partial charge in [-0.25, -0.2) is 17.2 Å². The Bertz CT molecular complexity index is 821. The van der Waals surface area contributed by atoms with Crippen LogP contribution in [0.4, 0.5) is 8.78 Å². The third-order valence-electron chi connectivity index (χ3n) is 3.12. The van der Waals surface area contributed by atoms with Gasteiger partial charge in [0.25, 0.3) is 15.9 Å². The van der Waals surface area contributed by atoms with Crippen LogP contribution < -0.4 is 10.3 Å². The van der Waals surface area contributed by atoms with Crippen LogP contribution in [-0.2, 0) is 16.4 Å². The summed E-state index contributed by atoms with van der Waals surface area (Å²) in [6, 6.07) is 8.72. The highest BCUT2D eigenvalue weighted by Crippen LogP contribution is 2.13. The van der Waals surface area contributed by atoms with E-state index in [-0.39, 0.29) is 5.56 Å². The number of rotatable bonds is 5. The largest absolute Gasteiger partial charge is 0.273 e. The van der Waals surface area contributed by atoms with Crippen molar-refractivity contribution in [3.8, 4) is 0 Å². The number of hydrazine groups is 1. The third kappa shape index (κ3) is 4.11. The molecule has 1 amide bonds. The number of carbonyl (C=O) groups excluding carboxylic acids is 1. The predicted octanol–water partition coefficient (Wildman–Crippen LogP) is 2.15. The first kappa shape index (κ1) is 17.0. The Balaban J connectivity index is 2.08. The first-order valence-corrected chi connectivity index (χ1v) is 8.18. The third-order valence-corrected chi connectivity index (χ3v) is 4.37. The summed E-state index contributed by atoms with van der Waals surface area (Å²) in [7, 11) is -4.20. The zero-order valence-electron chi connectivity index (χ0n) is 12.1. The fourth-order valence-corrected chi connectivity index (χ4v) is 2.63. The maximum atomic E-state index is 13.1. The topological polar surface area (TPSA) is 75.3 Å². The molecule has 2 aromatic carbocycles. The van der Waals surface area contributed by atoms with Crippen molar-refractivity contribution in [1.29, 1.82) is 0 Å². The smallest absolute Gasteiger partial charge is 0.266 e. The van der Waals surface area contributed by atoms with Gasteiger partial charge in [0.15, 0.2) is 11.6 Å². The van der Waals surface area contributed by atoms with Gasteiger partial charge in [0.2, 0.25) is 0 Å². The number of halogens is 2. The fraction of sp³-hybridized carbons (Fsp3) is 0.133. The molecule has 0 unspecified atom stereocenters. The number of nitrogens with one attached hydrogen (secondary N) is 2. The minimum atomic E-state index is -4.20. The summed E-state index contributed by atoms with van der Waals surface area (Å²) in [5.74, 6) is -3.13. The van der Waals surface area contributed by atoms with Gasteiger partial charge >= 0.3 is 0 Å². The zero-order chi connectivity index (χ0) is 17.0. The molecule has 23 heavy (non-hydrogen) atoms. The van der Waals surface area contributed by atoms with Gasteiger partial charge in [-0.3, -0.25) is 10.2 Å². The molecule has 2 aromatic rings. The molecule has 0 aliphatic carbocycles. The van der Waals surface area contributed by atoms with Gasteiger partial charge in [-0.1, -0.05) is 19.1 Å². The summed E-state index contributed by atoms with van der Waals surface area (Å²) in [4.78, 5) is 13.2. The molecule has 0 atom stereocenters. The zero-order valence-corrected chi connectivity index (χ0v) is 13.0. The Hall–Kier alpha value is -2.32. The number of aryl methyl sites for hydroxylation is 1. The molecule has 5 nitrogen and oxygen atoms in total. The van der Waals surface area contributed by atoms with E-state index in [9.17, 15) is 22.0 Å². The highest BCUT2D eigenvalue weighted by Gasteiger charge is 2.17. The highest BCUT2D eigenvalue weighted by atomic mass is 32.2. The van der Waals surface area contributed by atoms with Gasteiger partial charge < -0.3 is 0 Å². The molecule has 122 valence electrons. The van der Waals surface area contributed by atoms with E-state index in [1.165, 1.54) is 0 Å². The Morgan fingerprint density at radius 2 is 1.70 bits per heavy atom. The van der Waals surface area contributed by atoms with E-state index in [0.717, 1.165) is 18.1 Å². The lowest BCUT2D eigenvalue weighted by Crippen LogP contribution is -2.41. The van der Waals surface area contributed by atoms with E-state index < -0.39 is 32.5 Å². The molecule has 0 saturated heterocycles. The minimum absolute atomic E-state index is 0.259. The Morgan fingerprint density at radius 1 is 1.04 bits per heavy atom. The van der Waals surface area contributed by atoms with Crippen molar-refractivity contribution >= 4 is 15.9 Å². The van der Waals surface area contributed by atoms with E-state index in [0.29, 0.717) is 12.1 Å². The van der Waals surface area contributed by atoms with Crippen LogP contribution in [0.1, 0.15) is 22.8 Å². The maximum Gasteiger partial charge on any atom is 0.266 e. The van der Waals surface area contributed by atoms with Gasteiger partial charge in [0, 0.05) is 5.56 Å². The summed E-state index contributed by atoms with van der Waals surface area (Å²) < 4.78 is 49.7. The molecule has 0 fully saturated rings. The first-order valence-electron chi connectivity index (χ1n) is 6.69. The fourth-order valence-electron chi connectivity index (χ4n) is 1.78. The van der Waals surface area contributed by atoms with Gasteiger partial charge in [-0.05, 0) is 42.3 Å². The molecular weight excluding hydrogens is 326 g/mol. The lowest BCUT2D eigenvalue weighted by molar-refractivity contribution is 0.0945. The summed E-state index contributed by atoms with van der Waals surface area (Å²) in [5, 5.41) is 0. The number of carbonyl (C=O) groups is 1. The van der Waals surface area contributed by atoms with Crippen molar-refractivity contribution in [2.45, 2.75) is 18.2 Å². The second kappa shape index (κ2) is 6.84. The van der Waals surface area contributed by atoms with E-state index in [4.69, 9.17) is 0 Å². The molecule has 0 aliphatic rings. The molecule has 0 spiro atoms. The van der Waals surface area contributed by atoms with Crippen LogP contribution >= 0.6 is 0 Å². The predicted molar refractivity (Wildman–Crippen MR) is 80.0 cm³/mol. The van der Waals surface area contributed by atoms with Crippen LogP contribution in [0.2, 0.25) is 0 Å².